The van der Waals surface area contributed by atoms with Crippen LogP contribution >= 0.6 is 22.7 Å². The summed E-state index contributed by atoms with van der Waals surface area (Å²) in [4.78, 5) is 23.2. The average Bonchev–Trinajstić information content (AvgIpc) is 1.57. The fraction of sp³-hybridized carbons (Fsp3) is 0. The van der Waals surface area contributed by atoms with Gasteiger partial charge in [0.05, 0.1) is 54.2 Å². The van der Waals surface area contributed by atoms with E-state index < -0.39 is 0 Å². The summed E-state index contributed by atoms with van der Waals surface area (Å²) in [5.74, 6) is 1.40. The molecule has 6 nitrogen and oxygen atoms in total. The van der Waals surface area contributed by atoms with E-state index in [1.165, 1.54) is 113 Å². The third-order valence-electron chi connectivity index (χ3n) is 19.7. The molecule has 0 saturated heterocycles. The van der Waals surface area contributed by atoms with Gasteiger partial charge in [0, 0.05) is 55.3 Å². The Kier molecular flexibility index (Phi) is 15.9. The van der Waals surface area contributed by atoms with Crippen molar-refractivity contribution in [1.29, 1.82) is 0 Å². The number of benzene rings is 14. The minimum absolute atomic E-state index is 0.700. The van der Waals surface area contributed by atoms with E-state index in [1.54, 1.807) is 0 Å². The second-order valence-electron chi connectivity index (χ2n) is 26.1. The summed E-state index contributed by atoms with van der Waals surface area (Å²) in [5.41, 5.74) is 29.0. The predicted molar refractivity (Wildman–Crippen MR) is 437 cm³/mol. The summed E-state index contributed by atoms with van der Waals surface area (Å²) in [5, 5.41) is 2.51. The van der Waals surface area contributed by atoms with Crippen LogP contribution in [0.25, 0.3) is 186 Å². The van der Waals surface area contributed by atoms with Crippen LogP contribution in [0.3, 0.4) is 0 Å². The van der Waals surface area contributed by atoms with Crippen molar-refractivity contribution >= 4 is 74.6 Å². The van der Waals surface area contributed by atoms with Gasteiger partial charge in [-0.1, -0.05) is 322 Å². The Morgan fingerprint density at radius 2 is 0.442 bits per heavy atom. The lowest BCUT2D eigenvalue weighted by Gasteiger charge is -2.11. The summed E-state index contributed by atoms with van der Waals surface area (Å²) >= 11 is 3.70. The maximum Gasteiger partial charge on any atom is 0.160 e. The van der Waals surface area contributed by atoms with Crippen LogP contribution in [0, 0.1) is 0 Å². The molecule has 0 spiro atoms. The minimum Gasteiger partial charge on any atom is -0.299 e. The van der Waals surface area contributed by atoms with Crippen molar-refractivity contribution in [2.24, 2.45) is 0 Å². The Labute approximate surface area is 609 Å². The van der Waals surface area contributed by atoms with Crippen molar-refractivity contribution in [3.63, 3.8) is 0 Å². The molecule has 14 aromatic carbocycles. The van der Waals surface area contributed by atoms with Crippen LogP contribution < -0.4 is 0 Å². The molecule has 0 radical (unpaired) electrons. The lowest BCUT2D eigenvalue weighted by Crippen LogP contribution is -1.96. The number of fused-ring (bicyclic) bond motifs is 10. The van der Waals surface area contributed by atoms with Gasteiger partial charge in [0.15, 0.2) is 11.6 Å². The van der Waals surface area contributed by atoms with Gasteiger partial charge in [-0.3, -0.25) is 8.80 Å². The van der Waals surface area contributed by atoms with Crippen LogP contribution in [0.5, 0.6) is 0 Å². The molecule has 0 aliphatic rings. The summed E-state index contributed by atoms with van der Waals surface area (Å²) in [6, 6.07) is 133. The first-order valence-corrected chi connectivity index (χ1v) is 36.6. The first kappa shape index (κ1) is 61.8. The van der Waals surface area contributed by atoms with Crippen LogP contribution in [-0.4, -0.2) is 28.7 Å². The van der Waals surface area contributed by atoms with E-state index in [0.29, 0.717) is 11.6 Å². The number of hydrogen-bond acceptors (Lipinski definition) is 6. The zero-order chi connectivity index (χ0) is 68.9. The van der Waals surface area contributed by atoms with Crippen molar-refractivity contribution in [1.82, 2.24) is 28.7 Å². The van der Waals surface area contributed by atoms with Gasteiger partial charge in [-0.25, -0.2) is 19.9 Å². The zero-order valence-corrected chi connectivity index (χ0v) is 57.9. The third kappa shape index (κ3) is 11.6. The van der Waals surface area contributed by atoms with Crippen molar-refractivity contribution in [3.05, 3.63) is 376 Å². The first-order chi connectivity index (χ1) is 51.5. The highest BCUT2D eigenvalue weighted by atomic mass is 32.1. The first-order valence-electron chi connectivity index (χ1n) is 35.0. The largest absolute Gasteiger partial charge is 0.299 e. The fourth-order valence-electron chi connectivity index (χ4n) is 14.5. The molecular weight excluding hydrogens is 1300 g/mol. The highest BCUT2D eigenvalue weighted by Gasteiger charge is 2.22. The van der Waals surface area contributed by atoms with Crippen molar-refractivity contribution in [2.45, 2.75) is 0 Å². The van der Waals surface area contributed by atoms with E-state index in [2.05, 4.69) is 361 Å². The van der Waals surface area contributed by atoms with Gasteiger partial charge < -0.3 is 0 Å². The molecule has 0 fully saturated rings. The van der Waals surface area contributed by atoms with Gasteiger partial charge >= 0.3 is 0 Å². The zero-order valence-electron chi connectivity index (χ0n) is 56.3. The number of nitrogens with zero attached hydrogens (tertiary/aromatic N) is 6. The van der Waals surface area contributed by atoms with Crippen LogP contribution in [0.1, 0.15) is 0 Å². The number of para-hydroxylation sites is 4. The molecule has 0 atom stereocenters. The second-order valence-corrected chi connectivity index (χ2v) is 28.1. The molecule has 0 saturated carbocycles. The SMILES string of the molecule is c1ccc(-c2ccc(-c3cc(-c4ccc(-c5c6ccccc6n6c5sc5ccccc56)cc4)nc(-c4ccc(-c5ccccc5)cc4)n3)cc2)cc1.c1ccc(-c2ccc(-c3cc(-c4cccc(-c5c6ccccc6n6c5sc5ccccc56)c4)nc(-c4ccc(-c5ccccc5)cc4)n3)cc2)cc1. The highest BCUT2D eigenvalue weighted by Crippen LogP contribution is 2.45. The molecule has 6 heterocycles. The van der Waals surface area contributed by atoms with Crippen LogP contribution in [0.4, 0.5) is 0 Å². The summed E-state index contributed by atoms with van der Waals surface area (Å²) < 4.78 is 7.39. The molecule has 0 unspecified atom stereocenters. The fourth-order valence-corrected chi connectivity index (χ4v) is 17.0. The van der Waals surface area contributed by atoms with E-state index in [4.69, 9.17) is 19.9 Å². The van der Waals surface area contributed by atoms with Crippen molar-refractivity contribution in [3.8, 4) is 135 Å². The monoisotopic (exact) mass is 1360 g/mol. The molecule has 104 heavy (non-hydrogen) atoms. The molecule has 20 aromatic rings. The van der Waals surface area contributed by atoms with E-state index >= 15 is 0 Å². The van der Waals surface area contributed by atoms with Crippen molar-refractivity contribution in [2.75, 3.05) is 0 Å². The molecule has 6 aromatic heterocycles. The smallest absolute Gasteiger partial charge is 0.160 e. The predicted octanol–water partition coefficient (Wildman–Crippen LogP) is 26.2. The Hall–Kier alpha value is -13.2. The van der Waals surface area contributed by atoms with E-state index in [-0.39, 0.29) is 0 Å². The lowest BCUT2D eigenvalue weighted by molar-refractivity contribution is 1.18. The van der Waals surface area contributed by atoms with Gasteiger partial charge in [-0.2, -0.15) is 0 Å². The maximum atomic E-state index is 5.24. The average molecular weight is 1360 g/mol. The molecule has 0 bridgehead atoms. The van der Waals surface area contributed by atoms with Crippen LogP contribution in [-0.2, 0) is 0 Å². The maximum absolute atomic E-state index is 5.24. The Morgan fingerprint density at radius 1 is 0.183 bits per heavy atom. The van der Waals surface area contributed by atoms with Gasteiger partial charge in [0.25, 0.3) is 0 Å². The topological polar surface area (TPSA) is 60.4 Å². The van der Waals surface area contributed by atoms with Crippen LogP contribution in [0.15, 0.2) is 376 Å². The normalized spacial score (nSPS) is 11.5. The van der Waals surface area contributed by atoms with Crippen molar-refractivity contribution < 1.29 is 0 Å². The van der Waals surface area contributed by atoms with Gasteiger partial charge in [0.2, 0.25) is 0 Å². The molecule has 0 aliphatic heterocycles. The summed E-state index contributed by atoms with van der Waals surface area (Å²) in [6.45, 7) is 0. The van der Waals surface area contributed by atoms with Gasteiger partial charge in [-0.15, -0.1) is 22.7 Å². The number of thiazole rings is 2. The third-order valence-corrected chi connectivity index (χ3v) is 22.0. The highest BCUT2D eigenvalue weighted by molar-refractivity contribution is 7.25. The van der Waals surface area contributed by atoms with E-state index in [0.717, 1.165) is 61.7 Å². The van der Waals surface area contributed by atoms with Gasteiger partial charge in [0.1, 0.15) is 9.66 Å². The number of rotatable bonds is 12. The van der Waals surface area contributed by atoms with E-state index in [1.807, 2.05) is 46.9 Å². The molecule has 488 valence electrons. The quantitative estimate of drug-likeness (QED) is 0.122. The Bertz CT molecular complexity index is 6320. The molecule has 20 rings (SSSR count). The molecule has 0 N–H and O–H groups in total. The van der Waals surface area contributed by atoms with E-state index in [9.17, 15) is 0 Å². The summed E-state index contributed by atoms with van der Waals surface area (Å²) in [7, 11) is 0. The lowest BCUT2D eigenvalue weighted by atomic mass is 9.99. The van der Waals surface area contributed by atoms with Crippen LogP contribution in [0.2, 0.25) is 0 Å². The number of aromatic nitrogens is 6. The molecule has 8 heteroatoms. The Balaban J connectivity index is 0.000000143. The molecule has 0 aliphatic carbocycles. The Morgan fingerprint density at radius 3 is 0.817 bits per heavy atom. The minimum atomic E-state index is 0.700. The molecular formula is C96H62N6S2. The summed E-state index contributed by atoms with van der Waals surface area (Å²) in [6.07, 6.45) is 0. The molecule has 0 amide bonds. The standard InChI is InChI=1S/2C48H31N3S/c1-3-12-32(13-4-1)34-22-26-36(27-23-34)41-31-42(50-47(49-41)37-28-24-35(25-29-37)33-14-5-2-6-15-33)38-16-11-17-39(30-38)46-40-18-7-8-19-43(40)51-44-20-9-10-21-45(44)52-48(46)51;1-3-11-32(12-4-1)34-19-23-36(24-20-34)41-31-42(50-47(49-41)39-29-21-35(22-30-39)33-13-5-2-6-14-33)37-25-27-38(28-26-37)46-40-15-7-8-16-43(40)51-44-17-9-10-18-45(44)52-48(46)51/h2*1-31H. The van der Waals surface area contributed by atoms with Gasteiger partial charge in [-0.05, 0) is 110 Å². The number of hydrogen-bond donors (Lipinski definition) is 0. The second kappa shape index (κ2) is 26.7.